The van der Waals surface area contributed by atoms with Gasteiger partial charge in [-0.15, -0.1) is 0 Å². The first-order valence-corrected chi connectivity index (χ1v) is 12.2. The summed E-state index contributed by atoms with van der Waals surface area (Å²) in [5.74, 6) is 1.73. The van der Waals surface area contributed by atoms with Gasteiger partial charge in [0, 0.05) is 29.6 Å². The number of hydrogen-bond donors (Lipinski definition) is 2. The molecule has 2 saturated heterocycles. The molecule has 2 aliphatic carbocycles. The second kappa shape index (κ2) is 7.49. The van der Waals surface area contributed by atoms with Crippen LogP contribution in [0.15, 0.2) is 24.4 Å². The zero-order valence-electron chi connectivity index (χ0n) is 19.1. The molecule has 0 unspecified atom stereocenters. The number of nitrogens with one attached hydrogen (secondary N) is 2. The molecule has 2 aliphatic heterocycles. The summed E-state index contributed by atoms with van der Waals surface area (Å²) in [5, 5.41) is 4.76. The van der Waals surface area contributed by atoms with Crippen LogP contribution < -0.4 is 10.1 Å². The number of benzene rings is 1. The van der Waals surface area contributed by atoms with Gasteiger partial charge in [-0.3, -0.25) is 4.79 Å². The third-order valence-electron chi connectivity index (χ3n) is 8.99. The first-order chi connectivity index (χ1) is 15.5. The van der Waals surface area contributed by atoms with E-state index in [4.69, 9.17) is 14.2 Å². The Morgan fingerprint density at radius 3 is 3.00 bits per heavy atom. The monoisotopic (exact) mass is 438 g/mol. The number of epoxide rings is 1. The number of methoxy groups -OCH3 is 1. The van der Waals surface area contributed by atoms with E-state index in [0.717, 1.165) is 43.7 Å². The third-order valence-corrected chi connectivity index (χ3v) is 8.99. The lowest BCUT2D eigenvalue weighted by Gasteiger charge is -2.51. The fourth-order valence-electron chi connectivity index (χ4n) is 7.16. The van der Waals surface area contributed by atoms with E-state index in [2.05, 4.69) is 35.6 Å². The van der Waals surface area contributed by atoms with Gasteiger partial charge in [-0.05, 0) is 80.2 Å². The van der Waals surface area contributed by atoms with Crippen LogP contribution in [-0.2, 0) is 20.7 Å². The summed E-state index contributed by atoms with van der Waals surface area (Å²) >= 11 is 0. The molecule has 2 aromatic rings. The molecule has 2 saturated carbocycles. The molecule has 6 heteroatoms. The number of esters is 1. The first kappa shape index (κ1) is 20.5. The Morgan fingerprint density at radius 1 is 1.31 bits per heavy atom. The van der Waals surface area contributed by atoms with Crippen molar-refractivity contribution >= 4 is 16.9 Å². The summed E-state index contributed by atoms with van der Waals surface area (Å²) in [4.78, 5) is 16.1. The molecule has 4 aliphatic rings. The van der Waals surface area contributed by atoms with E-state index in [1.54, 1.807) is 7.11 Å². The average Bonchev–Trinajstić information content (AvgIpc) is 3.33. The van der Waals surface area contributed by atoms with Gasteiger partial charge in [0.1, 0.15) is 11.9 Å². The van der Waals surface area contributed by atoms with Crippen molar-refractivity contribution in [3.05, 3.63) is 30.0 Å². The lowest BCUT2D eigenvalue weighted by atomic mass is 9.53. The third kappa shape index (κ3) is 3.26. The molecule has 4 fully saturated rings. The smallest absolute Gasteiger partial charge is 0.310 e. The predicted octanol–water partition coefficient (Wildman–Crippen LogP) is 3.84. The van der Waals surface area contributed by atoms with Crippen molar-refractivity contribution in [2.75, 3.05) is 26.8 Å². The standard InChI is InChI=1S/C26H34N2O4/c1-25-7-3-8-26(15-31-26)23(25)11-19-20(24(29)32-22(19)12-25)14-27-9-6-16-13-28-21-5-4-17(30-2)10-18(16)21/h4-5,10,13,19-20,22-23,27-28H,3,6-9,11-12,14-15H2,1-2H3/t19-,20-,22-,23+,25-,26+/m1/s1. The average molecular weight is 439 g/mol. The lowest BCUT2D eigenvalue weighted by molar-refractivity contribution is -0.147. The van der Waals surface area contributed by atoms with Crippen molar-refractivity contribution in [2.45, 2.75) is 57.2 Å². The molecule has 172 valence electrons. The number of fused-ring (bicyclic) bond motifs is 4. The van der Waals surface area contributed by atoms with Crippen molar-refractivity contribution in [3.8, 4) is 5.75 Å². The van der Waals surface area contributed by atoms with E-state index in [0.29, 0.717) is 18.4 Å². The van der Waals surface area contributed by atoms with Crippen LogP contribution in [0.5, 0.6) is 5.75 Å². The second-order valence-electron chi connectivity index (χ2n) is 10.8. The van der Waals surface area contributed by atoms with E-state index in [1.165, 1.54) is 30.2 Å². The maximum absolute atomic E-state index is 12.8. The molecule has 6 rings (SSSR count). The van der Waals surface area contributed by atoms with E-state index in [1.807, 2.05) is 6.07 Å². The minimum Gasteiger partial charge on any atom is -0.497 e. The molecule has 1 aromatic heterocycles. The first-order valence-electron chi connectivity index (χ1n) is 12.2. The fourth-order valence-corrected chi connectivity index (χ4v) is 7.16. The zero-order valence-corrected chi connectivity index (χ0v) is 19.1. The number of rotatable bonds is 6. The van der Waals surface area contributed by atoms with Gasteiger partial charge in [-0.2, -0.15) is 0 Å². The van der Waals surface area contributed by atoms with Crippen LogP contribution in [0.2, 0.25) is 0 Å². The molecule has 3 heterocycles. The predicted molar refractivity (Wildman–Crippen MR) is 122 cm³/mol. The number of carbonyl (C=O) groups is 1. The molecule has 2 N–H and O–H groups in total. The summed E-state index contributed by atoms with van der Waals surface area (Å²) in [6.45, 7) is 4.85. The topological polar surface area (TPSA) is 75.9 Å². The molecule has 0 bridgehead atoms. The van der Waals surface area contributed by atoms with Crippen LogP contribution in [0.4, 0.5) is 0 Å². The van der Waals surface area contributed by atoms with Gasteiger partial charge in [0.2, 0.25) is 0 Å². The Hall–Kier alpha value is -2.05. The number of aromatic amines is 1. The van der Waals surface area contributed by atoms with Crippen molar-refractivity contribution in [1.82, 2.24) is 10.3 Å². The molecular weight excluding hydrogens is 404 g/mol. The summed E-state index contributed by atoms with van der Waals surface area (Å²) < 4.78 is 17.3. The number of carbonyl (C=O) groups excluding carboxylic acids is 1. The van der Waals surface area contributed by atoms with Crippen molar-refractivity contribution in [3.63, 3.8) is 0 Å². The van der Waals surface area contributed by atoms with Gasteiger partial charge in [0.15, 0.2) is 0 Å². The summed E-state index contributed by atoms with van der Waals surface area (Å²) in [6, 6.07) is 6.11. The molecule has 0 radical (unpaired) electrons. The van der Waals surface area contributed by atoms with Crippen LogP contribution in [0.25, 0.3) is 10.9 Å². The molecule has 6 nitrogen and oxygen atoms in total. The van der Waals surface area contributed by atoms with Gasteiger partial charge in [0.25, 0.3) is 0 Å². The molecule has 6 atom stereocenters. The SMILES string of the molecule is COc1ccc2[nH]cc(CCNC[C@H]3C(=O)O[C@@H]4C[C@@]5(C)CCC[C@]6(CO6)[C@H]5C[C@@H]43)c2c1. The molecular formula is C26H34N2O4. The van der Waals surface area contributed by atoms with Gasteiger partial charge in [0.05, 0.1) is 25.2 Å². The summed E-state index contributed by atoms with van der Waals surface area (Å²) in [5.41, 5.74) is 2.76. The van der Waals surface area contributed by atoms with Crippen LogP contribution in [0, 0.1) is 23.2 Å². The number of ether oxygens (including phenoxy) is 3. The normalized spacial score (nSPS) is 37.9. The fraction of sp³-hybridized carbons (Fsp3) is 0.654. The highest BCUT2D eigenvalue weighted by atomic mass is 16.6. The maximum atomic E-state index is 12.8. The number of aromatic nitrogens is 1. The highest BCUT2D eigenvalue weighted by molar-refractivity contribution is 5.84. The van der Waals surface area contributed by atoms with Crippen LogP contribution in [0.1, 0.15) is 44.6 Å². The Morgan fingerprint density at radius 2 is 2.19 bits per heavy atom. The molecule has 1 aromatic carbocycles. The number of H-pyrrole nitrogens is 1. The molecule has 1 spiro atoms. The van der Waals surface area contributed by atoms with Gasteiger partial charge in [-0.1, -0.05) is 6.92 Å². The summed E-state index contributed by atoms with van der Waals surface area (Å²) in [6.07, 6.45) is 8.81. The molecule has 32 heavy (non-hydrogen) atoms. The Bertz CT molecular complexity index is 1030. The largest absolute Gasteiger partial charge is 0.497 e. The highest BCUT2D eigenvalue weighted by Gasteiger charge is 2.64. The Labute approximate surface area is 189 Å². The minimum absolute atomic E-state index is 0.00246. The second-order valence-corrected chi connectivity index (χ2v) is 10.8. The van der Waals surface area contributed by atoms with Gasteiger partial charge in [-0.25, -0.2) is 0 Å². The van der Waals surface area contributed by atoms with Gasteiger partial charge >= 0.3 is 5.97 Å². The Kier molecular flexibility index (Phi) is 4.81. The lowest BCUT2D eigenvalue weighted by Crippen LogP contribution is -2.51. The van der Waals surface area contributed by atoms with E-state index >= 15 is 0 Å². The maximum Gasteiger partial charge on any atom is 0.310 e. The number of hydrogen-bond acceptors (Lipinski definition) is 5. The van der Waals surface area contributed by atoms with Crippen LogP contribution in [0.3, 0.4) is 0 Å². The van der Waals surface area contributed by atoms with Gasteiger partial charge < -0.3 is 24.5 Å². The van der Waals surface area contributed by atoms with Crippen molar-refractivity contribution in [1.29, 1.82) is 0 Å². The Balaban J connectivity index is 1.09. The zero-order chi connectivity index (χ0) is 21.9. The highest BCUT2D eigenvalue weighted by Crippen LogP contribution is 2.62. The van der Waals surface area contributed by atoms with E-state index in [-0.39, 0.29) is 29.0 Å². The van der Waals surface area contributed by atoms with Crippen molar-refractivity contribution in [2.24, 2.45) is 23.2 Å². The quantitative estimate of drug-likeness (QED) is 0.407. The summed E-state index contributed by atoms with van der Waals surface area (Å²) in [7, 11) is 1.70. The molecule has 0 amide bonds. The van der Waals surface area contributed by atoms with E-state index < -0.39 is 0 Å². The van der Waals surface area contributed by atoms with Crippen molar-refractivity contribution < 1.29 is 19.0 Å². The van der Waals surface area contributed by atoms with E-state index in [9.17, 15) is 4.79 Å². The van der Waals surface area contributed by atoms with Crippen LogP contribution in [-0.4, -0.2) is 49.5 Å². The minimum atomic E-state index is -0.0367. The van der Waals surface area contributed by atoms with Crippen LogP contribution >= 0.6 is 0 Å².